The highest BCUT2D eigenvalue weighted by Crippen LogP contribution is 2.42. The predicted molar refractivity (Wildman–Crippen MR) is 88.7 cm³/mol. The molecular formula is C17H20F3N5. The molecule has 1 unspecified atom stereocenters. The van der Waals surface area contributed by atoms with Crippen LogP contribution < -0.4 is 5.73 Å². The van der Waals surface area contributed by atoms with Gasteiger partial charge in [-0.05, 0) is 42.7 Å². The lowest BCUT2D eigenvalue weighted by molar-refractivity contribution is -0.141. The third-order valence-electron chi connectivity index (χ3n) is 4.65. The number of nitrogens with two attached hydrogens (primary N) is 1. The Morgan fingerprint density at radius 2 is 1.92 bits per heavy atom. The second kappa shape index (κ2) is 6.50. The van der Waals surface area contributed by atoms with Gasteiger partial charge in [0, 0.05) is 12.4 Å². The van der Waals surface area contributed by atoms with E-state index in [2.05, 4.69) is 28.9 Å². The van der Waals surface area contributed by atoms with Gasteiger partial charge in [0.2, 0.25) is 0 Å². The number of nitrogens with zero attached hydrogens (tertiary/aromatic N) is 4. The van der Waals surface area contributed by atoms with Crippen molar-refractivity contribution in [2.45, 2.75) is 39.3 Å². The van der Waals surface area contributed by atoms with Gasteiger partial charge in [0.15, 0.2) is 5.69 Å². The second-order valence-corrected chi connectivity index (χ2v) is 6.58. The van der Waals surface area contributed by atoms with Crippen molar-refractivity contribution in [3.05, 3.63) is 35.8 Å². The van der Waals surface area contributed by atoms with E-state index in [1.165, 1.54) is 12.4 Å². The van der Waals surface area contributed by atoms with Gasteiger partial charge < -0.3 is 5.73 Å². The van der Waals surface area contributed by atoms with Crippen molar-refractivity contribution in [2.24, 2.45) is 11.8 Å². The van der Waals surface area contributed by atoms with Gasteiger partial charge in [-0.15, -0.1) is 0 Å². The first-order valence-electron chi connectivity index (χ1n) is 8.21. The molecule has 134 valence electrons. The molecule has 2 aromatic rings. The molecule has 2 N–H and O–H groups in total. The van der Waals surface area contributed by atoms with E-state index < -0.39 is 11.9 Å². The Morgan fingerprint density at radius 3 is 2.44 bits per heavy atom. The zero-order chi connectivity index (χ0) is 18.2. The zero-order valence-electron chi connectivity index (χ0n) is 14.1. The highest BCUT2D eigenvalue weighted by molar-refractivity contribution is 5.77. The minimum Gasteiger partial charge on any atom is -0.383 e. The fraction of sp³-hybridized carbons (Fsp3) is 0.471. The molecule has 5 nitrogen and oxygen atoms in total. The smallest absolute Gasteiger partial charge is 0.383 e. The minimum absolute atomic E-state index is 0.0215. The van der Waals surface area contributed by atoms with Gasteiger partial charge in [-0.2, -0.15) is 23.0 Å². The largest absolute Gasteiger partial charge is 0.435 e. The molecule has 0 bridgehead atoms. The van der Waals surface area contributed by atoms with Crippen molar-refractivity contribution in [3.63, 3.8) is 0 Å². The van der Waals surface area contributed by atoms with E-state index in [0.29, 0.717) is 23.8 Å². The monoisotopic (exact) mass is 351 g/mol. The van der Waals surface area contributed by atoms with Gasteiger partial charge in [0.1, 0.15) is 5.82 Å². The summed E-state index contributed by atoms with van der Waals surface area (Å²) < 4.78 is 41.5. The second-order valence-electron chi connectivity index (χ2n) is 6.58. The summed E-state index contributed by atoms with van der Waals surface area (Å²) in [5, 5.41) is 3.68. The number of anilines is 1. The van der Waals surface area contributed by atoms with Crippen LogP contribution in [0.15, 0.2) is 24.5 Å². The lowest BCUT2D eigenvalue weighted by Crippen LogP contribution is -2.14. The fourth-order valence-corrected chi connectivity index (χ4v) is 3.19. The third-order valence-corrected chi connectivity index (χ3v) is 4.65. The Morgan fingerprint density at radius 1 is 1.24 bits per heavy atom. The van der Waals surface area contributed by atoms with E-state index in [9.17, 15) is 13.2 Å². The molecule has 0 aliphatic heterocycles. The molecule has 8 heteroatoms. The fourth-order valence-electron chi connectivity index (χ4n) is 3.19. The van der Waals surface area contributed by atoms with Crippen LogP contribution >= 0.6 is 0 Å². The molecule has 1 aliphatic rings. The predicted octanol–water partition coefficient (Wildman–Crippen LogP) is 4.10. The van der Waals surface area contributed by atoms with Crippen LogP contribution in [0, 0.1) is 11.8 Å². The van der Waals surface area contributed by atoms with Crippen LogP contribution in [0.4, 0.5) is 19.0 Å². The summed E-state index contributed by atoms with van der Waals surface area (Å²) in [5.41, 5.74) is 5.62. The van der Waals surface area contributed by atoms with Crippen LogP contribution in [0.3, 0.4) is 0 Å². The highest BCUT2D eigenvalue weighted by atomic mass is 19.4. The molecule has 3 rings (SSSR count). The minimum atomic E-state index is -4.60. The topological polar surface area (TPSA) is 69.6 Å². The summed E-state index contributed by atoms with van der Waals surface area (Å²) >= 11 is 0. The van der Waals surface area contributed by atoms with E-state index in [-0.39, 0.29) is 17.3 Å². The standard InChI is InChI=1S/C17H20F3N5/c1-10(2)11-4-6-12(7-5-11)13-14(17(18,19)20)24-25(15(13)21)16-22-8-3-9-23-16/h3,6,8-11H,4-5,7,21H2,1-2H3. The first kappa shape index (κ1) is 17.4. The molecule has 0 aromatic carbocycles. The Bertz CT molecular complexity index is 778. The SMILES string of the molecule is CC(C)C1CC=C(c2c(C(F)(F)F)nn(-c3ncccn3)c2N)CC1. The molecule has 0 saturated carbocycles. The Labute approximate surface area is 143 Å². The first-order valence-corrected chi connectivity index (χ1v) is 8.21. The van der Waals surface area contributed by atoms with Gasteiger partial charge in [0.25, 0.3) is 5.95 Å². The third kappa shape index (κ3) is 3.38. The van der Waals surface area contributed by atoms with E-state index in [1.807, 2.05) is 6.08 Å². The van der Waals surface area contributed by atoms with Gasteiger partial charge in [0.05, 0.1) is 5.56 Å². The van der Waals surface area contributed by atoms with Crippen LogP contribution in [0.1, 0.15) is 44.4 Å². The lowest BCUT2D eigenvalue weighted by Gasteiger charge is -2.25. The highest BCUT2D eigenvalue weighted by Gasteiger charge is 2.40. The molecule has 0 amide bonds. The van der Waals surface area contributed by atoms with E-state index in [0.717, 1.165) is 17.5 Å². The van der Waals surface area contributed by atoms with Gasteiger partial charge in [-0.1, -0.05) is 19.9 Å². The summed E-state index contributed by atoms with van der Waals surface area (Å²) in [7, 11) is 0. The van der Waals surface area contributed by atoms with Crippen LogP contribution in [-0.2, 0) is 6.18 Å². The number of rotatable bonds is 3. The molecule has 0 radical (unpaired) electrons. The Hall–Kier alpha value is -2.38. The maximum atomic E-state index is 13.5. The zero-order valence-corrected chi connectivity index (χ0v) is 14.1. The summed E-state index contributed by atoms with van der Waals surface area (Å²) in [6, 6.07) is 1.57. The molecular weight excluding hydrogens is 331 g/mol. The van der Waals surface area contributed by atoms with Crippen molar-refractivity contribution in [2.75, 3.05) is 5.73 Å². The number of halogens is 3. The van der Waals surface area contributed by atoms with Crippen LogP contribution in [-0.4, -0.2) is 19.7 Å². The molecule has 0 spiro atoms. The molecule has 25 heavy (non-hydrogen) atoms. The molecule has 2 heterocycles. The van der Waals surface area contributed by atoms with Crippen LogP contribution in [0.2, 0.25) is 0 Å². The Kier molecular flexibility index (Phi) is 4.53. The lowest BCUT2D eigenvalue weighted by atomic mass is 9.80. The summed E-state index contributed by atoms with van der Waals surface area (Å²) in [6.45, 7) is 4.26. The van der Waals surface area contributed by atoms with Crippen LogP contribution in [0.5, 0.6) is 0 Å². The van der Waals surface area contributed by atoms with E-state index >= 15 is 0 Å². The van der Waals surface area contributed by atoms with Crippen molar-refractivity contribution in [1.29, 1.82) is 0 Å². The van der Waals surface area contributed by atoms with Crippen LogP contribution in [0.25, 0.3) is 11.5 Å². The van der Waals surface area contributed by atoms with E-state index in [1.54, 1.807) is 6.07 Å². The number of allylic oxidation sites excluding steroid dienone is 2. The normalized spacial score (nSPS) is 18.5. The van der Waals surface area contributed by atoms with Crippen molar-refractivity contribution in [3.8, 4) is 5.95 Å². The Balaban J connectivity index is 2.08. The van der Waals surface area contributed by atoms with Gasteiger partial charge in [-0.3, -0.25) is 0 Å². The van der Waals surface area contributed by atoms with Gasteiger partial charge in [-0.25, -0.2) is 9.97 Å². The summed E-state index contributed by atoms with van der Waals surface area (Å²) in [6.07, 6.45) is 2.28. The molecule has 2 aromatic heterocycles. The summed E-state index contributed by atoms with van der Waals surface area (Å²) in [5.74, 6) is 0.922. The molecule has 0 saturated heterocycles. The molecule has 1 atom stereocenters. The average molecular weight is 351 g/mol. The van der Waals surface area contributed by atoms with E-state index in [4.69, 9.17) is 5.73 Å². The molecule has 0 fully saturated rings. The number of nitrogen functional groups attached to an aromatic ring is 1. The maximum Gasteiger partial charge on any atom is 0.435 e. The van der Waals surface area contributed by atoms with Crippen molar-refractivity contribution < 1.29 is 13.2 Å². The first-order chi connectivity index (χ1) is 11.8. The summed E-state index contributed by atoms with van der Waals surface area (Å²) in [4.78, 5) is 7.90. The number of aromatic nitrogens is 4. The van der Waals surface area contributed by atoms with Crippen molar-refractivity contribution >= 4 is 11.4 Å². The molecule has 1 aliphatic carbocycles. The number of hydrogen-bond acceptors (Lipinski definition) is 4. The number of alkyl halides is 3. The maximum absolute atomic E-state index is 13.5. The van der Waals surface area contributed by atoms with Gasteiger partial charge >= 0.3 is 6.18 Å². The average Bonchev–Trinajstić information content (AvgIpc) is 2.93. The number of hydrogen-bond donors (Lipinski definition) is 1. The quantitative estimate of drug-likeness (QED) is 0.904. The van der Waals surface area contributed by atoms with Crippen molar-refractivity contribution in [1.82, 2.24) is 19.7 Å².